The molecule has 0 saturated heterocycles. The van der Waals surface area contributed by atoms with Crippen LogP contribution in [0.3, 0.4) is 0 Å². The number of hydrogen-bond acceptors (Lipinski definition) is 1. The normalized spacial score (nSPS) is 10.6. The van der Waals surface area contributed by atoms with Gasteiger partial charge in [0.1, 0.15) is 5.82 Å². The number of halogens is 2. The van der Waals surface area contributed by atoms with Crippen molar-refractivity contribution in [3.05, 3.63) is 28.5 Å². The van der Waals surface area contributed by atoms with E-state index in [1.807, 2.05) is 6.92 Å². The van der Waals surface area contributed by atoms with E-state index in [1.54, 1.807) is 6.07 Å². The number of benzene rings is 1. The van der Waals surface area contributed by atoms with Crippen molar-refractivity contribution >= 4 is 23.4 Å². The third-order valence-electron chi connectivity index (χ3n) is 1.99. The molecular formula is C11H14ClFS. The third-order valence-corrected chi connectivity index (χ3v) is 3.77. The molecule has 0 aliphatic heterocycles. The van der Waals surface area contributed by atoms with E-state index in [4.69, 9.17) is 11.6 Å². The van der Waals surface area contributed by atoms with Gasteiger partial charge in [0.2, 0.25) is 0 Å². The van der Waals surface area contributed by atoms with Crippen LogP contribution in [0.5, 0.6) is 0 Å². The van der Waals surface area contributed by atoms with Gasteiger partial charge >= 0.3 is 0 Å². The van der Waals surface area contributed by atoms with Crippen LogP contribution < -0.4 is 0 Å². The van der Waals surface area contributed by atoms with Gasteiger partial charge < -0.3 is 0 Å². The fraction of sp³-hybridized carbons (Fsp3) is 0.455. The maximum atomic E-state index is 13.4. The fourth-order valence-corrected chi connectivity index (χ4v) is 2.53. The van der Waals surface area contributed by atoms with Crippen LogP contribution in [0.4, 0.5) is 4.39 Å². The molecule has 0 bridgehead atoms. The summed E-state index contributed by atoms with van der Waals surface area (Å²) in [7, 11) is 0. The van der Waals surface area contributed by atoms with Crippen LogP contribution in [0.2, 0.25) is 5.02 Å². The Morgan fingerprint density at radius 3 is 2.79 bits per heavy atom. The average Bonchev–Trinajstić information content (AvgIpc) is 2.18. The lowest BCUT2D eigenvalue weighted by Gasteiger charge is -2.07. The number of aryl methyl sites for hydroxylation is 1. The second kappa shape index (κ2) is 5.62. The van der Waals surface area contributed by atoms with Crippen molar-refractivity contribution in [3.63, 3.8) is 0 Å². The van der Waals surface area contributed by atoms with Crippen LogP contribution in [0, 0.1) is 12.7 Å². The number of unbranched alkanes of at least 4 members (excludes halogenated alkanes) is 1. The molecule has 78 valence electrons. The van der Waals surface area contributed by atoms with Gasteiger partial charge in [-0.3, -0.25) is 0 Å². The van der Waals surface area contributed by atoms with Gasteiger partial charge in [0.15, 0.2) is 0 Å². The molecule has 0 aromatic heterocycles. The summed E-state index contributed by atoms with van der Waals surface area (Å²) in [6, 6.07) is 3.19. The van der Waals surface area contributed by atoms with Crippen LogP contribution in [0.15, 0.2) is 17.0 Å². The van der Waals surface area contributed by atoms with Gasteiger partial charge in [-0.25, -0.2) is 4.39 Å². The third kappa shape index (κ3) is 2.89. The molecule has 0 N–H and O–H groups in total. The Bertz CT molecular complexity index is 312. The Morgan fingerprint density at radius 2 is 2.14 bits per heavy atom. The average molecular weight is 233 g/mol. The molecule has 0 spiro atoms. The van der Waals surface area contributed by atoms with Crippen molar-refractivity contribution in [2.24, 2.45) is 0 Å². The van der Waals surface area contributed by atoms with Crippen molar-refractivity contribution < 1.29 is 4.39 Å². The van der Waals surface area contributed by atoms with Crippen molar-refractivity contribution in [2.75, 3.05) is 5.75 Å². The topological polar surface area (TPSA) is 0 Å². The zero-order chi connectivity index (χ0) is 10.6. The fourth-order valence-electron chi connectivity index (χ4n) is 1.08. The predicted octanol–water partition coefficient (Wildman–Crippen LogP) is 4.68. The molecule has 1 aromatic rings. The Kier molecular flexibility index (Phi) is 4.76. The maximum absolute atomic E-state index is 13.4. The smallest absolute Gasteiger partial charge is 0.138 e. The molecular weight excluding hydrogens is 219 g/mol. The van der Waals surface area contributed by atoms with E-state index in [2.05, 4.69) is 6.92 Å². The minimum Gasteiger partial charge on any atom is -0.206 e. The highest BCUT2D eigenvalue weighted by Gasteiger charge is 2.09. The van der Waals surface area contributed by atoms with E-state index < -0.39 is 0 Å². The molecule has 0 radical (unpaired) electrons. The van der Waals surface area contributed by atoms with Crippen LogP contribution in [0.1, 0.15) is 25.3 Å². The molecule has 14 heavy (non-hydrogen) atoms. The lowest BCUT2D eigenvalue weighted by Crippen LogP contribution is -1.88. The summed E-state index contributed by atoms with van der Waals surface area (Å²) in [5.41, 5.74) is 0.937. The van der Waals surface area contributed by atoms with Crippen LogP contribution in [-0.2, 0) is 0 Å². The zero-order valence-electron chi connectivity index (χ0n) is 8.44. The minimum absolute atomic E-state index is 0.207. The Labute approximate surface area is 93.8 Å². The first-order valence-corrected chi connectivity index (χ1v) is 6.10. The SMILES string of the molecule is CCCCSc1c(F)ccc(C)c1Cl. The van der Waals surface area contributed by atoms with Crippen LogP contribution in [-0.4, -0.2) is 5.75 Å². The Balaban J connectivity index is 2.79. The largest absolute Gasteiger partial charge is 0.206 e. The quantitative estimate of drug-likeness (QED) is 0.537. The highest BCUT2D eigenvalue weighted by molar-refractivity contribution is 7.99. The summed E-state index contributed by atoms with van der Waals surface area (Å²) < 4.78 is 13.4. The molecule has 0 aliphatic rings. The number of rotatable bonds is 4. The lowest BCUT2D eigenvalue weighted by atomic mass is 10.2. The van der Waals surface area contributed by atoms with Crippen LogP contribution in [0.25, 0.3) is 0 Å². The second-order valence-corrected chi connectivity index (χ2v) is 4.69. The molecule has 0 nitrogen and oxygen atoms in total. The number of thioether (sulfide) groups is 1. The molecule has 0 aliphatic carbocycles. The zero-order valence-corrected chi connectivity index (χ0v) is 10.0. The summed E-state index contributed by atoms with van der Waals surface area (Å²) in [4.78, 5) is 0.597. The standard InChI is InChI=1S/C11H14ClFS/c1-3-4-7-14-11-9(13)6-5-8(2)10(11)12/h5-6H,3-4,7H2,1-2H3. The molecule has 0 heterocycles. The molecule has 1 rings (SSSR count). The highest BCUT2D eigenvalue weighted by Crippen LogP contribution is 2.32. The molecule has 0 atom stereocenters. The van der Waals surface area contributed by atoms with E-state index in [1.165, 1.54) is 17.8 Å². The molecule has 3 heteroatoms. The molecule has 0 amide bonds. The monoisotopic (exact) mass is 232 g/mol. The van der Waals surface area contributed by atoms with Crippen molar-refractivity contribution in [1.29, 1.82) is 0 Å². The molecule has 0 saturated carbocycles. The van der Waals surface area contributed by atoms with Gasteiger partial charge in [-0.15, -0.1) is 11.8 Å². The summed E-state index contributed by atoms with van der Waals surface area (Å²) in [5, 5.41) is 0.561. The summed E-state index contributed by atoms with van der Waals surface area (Å²) in [6.07, 6.45) is 2.21. The Hall–Kier alpha value is -0.210. The predicted molar refractivity (Wildman–Crippen MR) is 61.8 cm³/mol. The Morgan fingerprint density at radius 1 is 1.43 bits per heavy atom. The second-order valence-electron chi connectivity index (χ2n) is 3.21. The summed E-state index contributed by atoms with van der Waals surface area (Å²) >= 11 is 7.52. The van der Waals surface area contributed by atoms with Gasteiger partial charge in [-0.2, -0.15) is 0 Å². The van der Waals surface area contributed by atoms with E-state index in [9.17, 15) is 4.39 Å². The summed E-state index contributed by atoms with van der Waals surface area (Å²) in [6.45, 7) is 4.01. The van der Waals surface area contributed by atoms with E-state index in [-0.39, 0.29) is 5.82 Å². The van der Waals surface area contributed by atoms with Gasteiger partial charge in [-0.05, 0) is 30.7 Å². The van der Waals surface area contributed by atoms with Crippen molar-refractivity contribution in [1.82, 2.24) is 0 Å². The highest BCUT2D eigenvalue weighted by atomic mass is 35.5. The lowest BCUT2D eigenvalue weighted by molar-refractivity contribution is 0.601. The first-order valence-electron chi connectivity index (χ1n) is 4.74. The van der Waals surface area contributed by atoms with Crippen LogP contribution >= 0.6 is 23.4 Å². The van der Waals surface area contributed by atoms with Gasteiger partial charge in [0.05, 0.1) is 9.92 Å². The molecule has 1 aromatic carbocycles. The number of hydrogen-bond donors (Lipinski definition) is 0. The minimum atomic E-state index is -0.207. The first-order chi connectivity index (χ1) is 6.66. The van der Waals surface area contributed by atoms with Gasteiger partial charge in [0, 0.05) is 0 Å². The van der Waals surface area contributed by atoms with E-state index in [0.717, 1.165) is 24.2 Å². The first kappa shape index (κ1) is 11.9. The van der Waals surface area contributed by atoms with E-state index >= 15 is 0 Å². The molecule has 0 fully saturated rings. The summed E-state index contributed by atoms with van der Waals surface area (Å²) in [5.74, 6) is 0.720. The molecule has 0 unspecified atom stereocenters. The van der Waals surface area contributed by atoms with Crippen molar-refractivity contribution in [2.45, 2.75) is 31.6 Å². The van der Waals surface area contributed by atoms with Gasteiger partial charge in [0.25, 0.3) is 0 Å². The van der Waals surface area contributed by atoms with Gasteiger partial charge in [-0.1, -0.05) is 31.0 Å². The van der Waals surface area contributed by atoms with E-state index in [0.29, 0.717) is 9.92 Å². The van der Waals surface area contributed by atoms with Crippen molar-refractivity contribution in [3.8, 4) is 0 Å². The maximum Gasteiger partial charge on any atom is 0.138 e.